The second-order valence-electron chi connectivity index (χ2n) is 8.54. The summed E-state index contributed by atoms with van der Waals surface area (Å²) >= 11 is 0. The normalized spacial score (nSPS) is 42.5. The Bertz CT molecular complexity index is 390. The van der Waals surface area contributed by atoms with Crippen molar-refractivity contribution in [2.45, 2.75) is 63.8 Å². The molecule has 0 radical (unpaired) electrons. The van der Waals surface area contributed by atoms with Gasteiger partial charge in [-0.1, -0.05) is 0 Å². The Kier molecular flexibility index (Phi) is 4.76. The predicted molar refractivity (Wildman–Crippen MR) is 91.1 cm³/mol. The molecule has 5 rings (SSSR count). The molecule has 5 aliphatic rings. The quantitative estimate of drug-likeness (QED) is 0.860. The molecule has 0 aromatic carbocycles. The number of nitrogens with zero attached hydrogens (tertiary/aromatic N) is 1. The van der Waals surface area contributed by atoms with E-state index in [0.717, 1.165) is 37.3 Å². The summed E-state index contributed by atoms with van der Waals surface area (Å²) < 4.78 is 0. The molecule has 1 unspecified atom stereocenters. The minimum atomic E-state index is 0. The smallest absolute Gasteiger partial charge is 0.223 e. The molecule has 1 aliphatic heterocycles. The molecule has 0 spiro atoms. The fourth-order valence-corrected chi connectivity index (χ4v) is 6.54. The highest BCUT2D eigenvalue weighted by molar-refractivity contribution is 5.85. The van der Waals surface area contributed by atoms with E-state index in [9.17, 15) is 4.79 Å². The van der Waals surface area contributed by atoms with E-state index in [-0.39, 0.29) is 12.4 Å². The highest BCUT2D eigenvalue weighted by Crippen LogP contribution is 2.61. The second kappa shape index (κ2) is 6.32. The van der Waals surface area contributed by atoms with Gasteiger partial charge in [0.25, 0.3) is 0 Å². The molecule has 0 aromatic heterocycles. The van der Waals surface area contributed by atoms with Gasteiger partial charge in [0.15, 0.2) is 0 Å². The van der Waals surface area contributed by atoms with Crippen molar-refractivity contribution in [2.75, 3.05) is 20.1 Å². The number of hydrogen-bond donors (Lipinski definition) is 1. The van der Waals surface area contributed by atoms with Crippen LogP contribution in [-0.4, -0.2) is 37.0 Å². The maximum atomic E-state index is 12.9. The van der Waals surface area contributed by atoms with E-state index in [0.29, 0.717) is 17.4 Å². The van der Waals surface area contributed by atoms with E-state index in [1.54, 1.807) is 0 Å². The lowest BCUT2D eigenvalue weighted by molar-refractivity contribution is -0.140. The Morgan fingerprint density at radius 1 is 1.14 bits per heavy atom. The zero-order valence-electron chi connectivity index (χ0n) is 13.9. The molecule has 1 saturated heterocycles. The lowest BCUT2D eigenvalue weighted by Gasteiger charge is -2.57. The van der Waals surface area contributed by atoms with Gasteiger partial charge < -0.3 is 10.2 Å². The van der Waals surface area contributed by atoms with Gasteiger partial charge in [-0.25, -0.2) is 0 Å². The first-order chi connectivity index (χ1) is 10.2. The average molecular weight is 327 g/mol. The Hall–Kier alpha value is -0.280. The van der Waals surface area contributed by atoms with Gasteiger partial charge in [-0.2, -0.15) is 0 Å². The molecule has 22 heavy (non-hydrogen) atoms. The largest absolute Gasteiger partial charge is 0.338 e. The molecule has 0 aromatic rings. The second-order valence-corrected chi connectivity index (χ2v) is 8.54. The summed E-state index contributed by atoms with van der Waals surface area (Å²) in [6, 6.07) is 0.455. The molecule has 1 amide bonds. The first-order valence-corrected chi connectivity index (χ1v) is 9.11. The van der Waals surface area contributed by atoms with Gasteiger partial charge in [0.2, 0.25) is 5.91 Å². The Morgan fingerprint density at radius 2 is 1.73 bits per heavy atom. The molecule has 1 heterocycles. The monoisotopic (exact) mass is 326 g/mol. The molecular formula is C18H31ClN2O. The number of nitrogens with one attached hydrogen (secondary N) is 1. The summed E-state index contributed by atoms with van der Waals surface area (Å²) in [4.78, 5) is 15.1. The first kappa shape index (κ1) is 16.6. The summed E-state index contributed by atoms with van der Waals surface area (Å²) in [6.07, 6.45) is 11.7. The highest BCUT2D eigenvalue weighted by atomic mass is 35.5. The molecule has 126 valence electrons. The van der Waals surface area contributed by atoms with Crippen LogP contribution in [0.3, 0.4) is 0 Å². The maximum Gasteiger partial charge on any atom is 0.223 e. The summed E-state index contributed by atoms with van der Waals surface area (Å²) in [7, 11) is 2.00. The number of carbonyl (C=O) groups excluding carboxylic acids is 1. The van der Waals surface area contributed by atoms with Crippen LogP contribution in [0.1, 0.15) is 57.8 Å². The zero-order chi connectivity index (χ0) is 14.4. The van der Waals surface area contributed by atoms with Crippen LogP contribution in [0.5, 0.6) is 0 Å². The molecular weight excluding hydrogens is 296 g/mol. The van der Waals surface area contributed by atoms with Crippen molar-refractivity contribution < 1.29 is 4.79 Å². The van der Waals surface area contributed by atoms with Crippen LogP contribution in [0, 0.1) is 23.2 Å². The fourth-order valence-electron chi connectivity index (χ4n) is 6.54. The van der Waals surface area contributed by atoms with Crippen LogP contribution in [0.25, 0.3) is 0 Å². The van der Waals surface area contributed by atoms with Crippen molar-refractivity contribution >= 4 is 18.3 Å². The molecule has 5 fully saturated rings. The van der Waals surface area contributed by atoms with Crippen molar-refractivity contribution in [3.8, 4) is 0 Å². The van der Waals surface area contributed by atoms with E-state index in [4.69, 9.17) is 0 Å². The van der Waals surface area contributed by atoms with Crippen molar-refractivity contribution in [1.29, 1.82) is 0 Å². The van der Waals surface area contributed by atoms with Crippen molar-refractivity contribution in [3.63, 3.8) is 0 Å². The number of amides is 1. The molecule has 4 heteroatoms. The first-order valence-electron chi connectivity index (χ1n) is 9.11. The van der Waals surface area contributed by atoms with Crippen LogP contribution < -0.4 is 5.32 Å². The fraction of sp³-hybridized carbons (Fsp3) is 0.944. The van der Waals surface area contributed by atoms with E-state index < -0.39 is 0 Å². The molecule has 4 saturated carbocycles. The van der Waals surface area contributed by atoms with Gasteiger partial charge >= 0.3 is 0 Å². The Morgan fingerprint density at radius 3 is 2.27 bits per heavy atom. The van der Waals surface area contributed by atoms with Crippen LogP contribution in [0.2, 0.25) is 0 Å². The average Bonchev–Trinajstić information content (AvgIpc) is 2.85. The summed E-state index contributed by atoms with van der Waals surface area (Å²) in [5.41, 5.74) is 0.401. The molecule has 1 atom stereocenters. The third-order valence-electron chi connectivity index (χ3n) is 6.83. The SMILES string of the molecule is CNCC1CCCN1C(=O)CC12CC3CC(CC(C3)C1)C2.Cl. The number of likely N-dealkylation sites (N-methyl/N-ethyl adjacent to an activating group) is 1. The summed E-state index contributed by atoms with van der Waals surface area (Å²) in [6.45, 7) is 1.96. The minimum Gasteiger partial charge on any atom is -0.338 e. The van der Waals surface area contributed by atoms with Gasteiger partial charge in [-0.3, -0.25) is 4.79 Å². The molecule has 4 aliphatic carbocycles. The van der Waals surface area contributed by atoms with Gasteiger partial charge in [0.05, 0.1) is 0 Å². The van der Waals surface area contributed by atoms with Crippen molar-refractivity contribution in [2.24, 2.45) is 23.2 Å². The predicted octanol–water partition coefficient (Wildman–Crippen LogP) is 3.23. The van der Waals surface area contributed by atoms with Gasteiger partial charge in [0.1, 0.15) is 0 Å². The van der Waals surface area contributed by atoms with Crippen LogP contribution in [-0.2, 0) is 4.79 Å². The summed E-state index contributed by atoms with van der Waals surface area (Å²) in [5, 5.41) is 3.26. The van der Waals surface area contributed by atoms with Crippen LogP contribution >= 0.6 is 12.4 Å². The number of likely N-dealkylation sites (tertiary alicyclic amines) is 1. The van der Waals surface area contributed by atoms with Gasteiger partial charge in [-0.05, 0) is 81.6 Å². The molecule has 3 nitrogen and oxygen atoms in total. The number of halogens is 1. The van der Waals surface area contributed by atoms with E-state index in [2.05, 4.69) is 10.2 Å². The molecule has 4 bridgehead atoms. The number of hydrogen-bond acceptors (Lipinski definition) is 2. The molecule has 1 N–H and O–H groups in total. The minimum absolute atomic E-state index is 0. The van der Waals surface area contributed by atoms with Crippen molar-refractivity contribution in [1.82, 2.24) is 10.2 Å². The van der Waals surface area contributed by atoms with E-state index in [1.165, 1.54) is 51.4 Å². The van der Waals surface area contributed by atoms with Gasteiger partial charge in [0, 0.05) is 25.6 Å². The standard InChI is InChI=1S/C18H30N2O.ClH/c1-19-12-16-3-2-4-20(16)17(21)11-18-8-13-5-14(9-18)7-15(6-13)10-18;/h13-16,19H,2-12H2,1H3;1H. The van der Waals surface area contributed by atoms with E-state index in [1.807, 2.05) is 7.05 Å². The summed E-state index contributed by atoms with van der Waals surface area (Å²) in [5.74, 6) is 3.33. The number of carbonyl (C=O) groups is 1. The third-order valence-corrected chi connectivity index (χ3v) is 6.83. The number of rotatable bonds is 4. The van der Waals surface area contributed by atoms with Crippen LogP contribution in [0.4, 0.5) is 0 Å². The van der Waals surface area contributed by atoms with Crippen molar-refractivity contribution in [3.05, 3.63) is 0 Å². The topological polar surface area (TPSA) is 32.3 Å². The van der Waals surface area contributed by atoms with Gasteiger partial charge in [-0.15, -0.1) is 12.4 Å². The van der Waals surface area contributed by atoms with E-state index >= 15 is 0 Å². The van der Waals surface area contributed by atoms with Crippen LogP contribution in [0.15, 0.2) is 0 Å². The Balaban J connectivity index is 0.00000144. The lowest BCUT2D eigenvalue weighted by Crippen LogP contribution is -2.49. The third kappa shape index (κ3) is 2.91. The maximum absolute atomic E-state index is 12.9. The highest BCUT2D eigenvalue weighted by Gasteiger charge is 2.52. The lowest BCUT2D eigenvalue weighted by atomic mass is 9.49. The Labute approximate surface area is 141 Å². The zero-order valence-corrected chi connectivity index (χ0v) is 14.7.